The van der Waals surface area contributed by atoms with Crippen molar-refractivity contribution in [3.63, 3.8) is 0 Å². The first-order chi connectivity index (χ1) is 10.2. The Morgan fingerprint density at radius 3 is 2.33 bits per heavy atom. The Labute approximate surface area is 121 Å². The first kappa shape index (κ1) is 13.1. The number of amides is 1. The summed E-state index contributed by atoms with van der Waals surface area (Å²) in [5, 5.41) is 4.41. The Kier molecular flexibility index (Phi) is 3.23. The Morgan fingerprint density at radius 2 is 1.71 bits per heavy atom. The molecule has 2 aromatic carbocycles. The fraction of sp³-hybridized carbons (Fsp3) is 0.0625. The average Bonchev–Trinajstić information content (AvgIpc) is 3.06. The topological polar surface area (TPSA) is 74.8 Å². The number of hydrogen-bond acceptors (Lipinski definition) is 3. The van der Waals surface area contributed by atoms with Crippen LogP contribution in [0.25, 0.3) is 10.8 Å². The predicted molar refractivity (Wildman–Crippen MR) is 79.4 cm³/mol. The number of fused-ring (bicyclic) bond motifs is 1. The molecule has 0 saturated carbocycles. The quantitative estimate of drug-likeness (QED) is 0.721. The maximum atomic E-state index is 12.2. The molecule has 104 valence electrons. The lowest BCUT2D eigenvalue weighted by molar-refractivity contribution is 0.0962. The molecule has 3 aromatic rings. The molecule has 2 N–H and O–H groups in total. The monoisotopic (exact) mass is 279 g/mol. The Morgan fingerprint density at radius 1 is 1.05 bits per heavy atom. The SMILES string of the molecule is CNC(=O)c1ccc2cc(C(=O)c3cnc[nH]3)ccc2c1. The van der Waals surface area contributed by atoms with Crippen molar-refractivity contribution in [2.24, 2.45) is 0 Å². The smallest absolute Gasteiger partial charge is 0.251 e. The highest BCUT2D eigenvalue weighted by Crippen LogP contribution is 2.19. The molecule has 0 spiro atoms. The van der Waals surface area contributed by atoms with Crippen molar-refractivity contribution in [1.82, 2.24) is 15.3 Å². The molecule has 5 nitrogen and oxygen atoms in total. The lowest BCUT2D eigenvalue weighted by Crippen LogP contribution is -2.17. The lowest BCUT2D eigenvalue weighted by atomic mass is 10.0. The lowest BCUT2D eigenvalue weighted by Gasteiger charge is -2.05. The second-order valence-electron chi connectivity index (χ2n) is 4.65. The van der Waals surface area contributed by atoms with Crippen LogP contribution >= 0.6 is 0 Å². The summed E-state index contributed by atoms with van der Waals surface area (Å²) in [6.45, 7) is 0. The molecule has 0 aliphatic heterocycles. The van der Waals surface area contributed by atoms with Crippen LogP contribution in [0.2, 0.25) is 0 Å². The van der Waals surface area contributed by atoms with Gasteiger partial charge in [0, 0.05) is 18.2 Å². The molecule has 0 aliphatic carbocycles. The molecule has 0 atom stereocenters. The van der Waals surface area contributed by atoms with Gasteiger partial charge in [-0.3, -0.25) is 9.59 Å². The van der Waals surface area contributed by atoms with E-state index >= 15 is 0 Å². The molecule has 0 aliphatic rings. The highest BCUT2D eigenvalue weighted by molar-refractivity contribution is 6.09. The minimum absolute atomic E-state index is 0.107. The van der Waals surface area contributed by atoms with Gasteiger partial charge >= 0.3 is 0 Å². The van der Waals surface area contributed by atoms with Crippen LogP contribution in [0.3, 0.4) is 0 Å². The standard InChI is InChI=1S/C16H13N3O2/c1-17-16(21)13-5-3-10-6-12(4-2-11(10)7-13)15(20)14-8-18-9-19-14/h2-9H,1H3,(H,17,21)(H,18,19). The van der Waals surface area contributed by atoms with Gasteiger partial charge < -0.3 is 10.3 Å². The number of nitrogens with one attached hydrogen (secondary N) is 2. The van der Waals surface area contributed by atoms with Crippen LogP contribution in [-0.2, 0) is 0 Å². The van der Waals surface area contributed by atoms with Crippen molar-refractivity contribution >= 4 is 22.5 Å². The van der Waals surface area contributed by atoms with Gasteiger partial charge in [0.1, 0.15) is 5.69 Å². The van der Waals surface area contributed by atoms with Crippen LogP contribution in [0, 0.1) is 0 Å². The van der Waals surface area contributed by atoms with E-state index < -0.39 is 0 Å². The third-order valence-corrected chi connectivity index (χ3v) is 3.33. The van der Waals surface area contributed by atoms with E-state index in [0.29, 0.717) is 16.8 Å². The summed E-state index contributed by atoms with van der Waals surface area (Å²) in [7, 11) is 1.60. The van der Waals surface area contributed by atoms with Gasteiger partial charge in [-0.15, -0.1) is 0 Å². The van der Waals surface area contributed by atoms with Gasteiger partial charge in [0.25, 0.3) is 5.91 Å². The number of H-pyrrole nitrogens is 1. The first-order valence-corrected chi connectivity index (χ1v) is 6.48. The third kappa shape index (κ3) is 2.41. The minimum Gasteiger partial charge on any atom is -0.355 e. The van der Waals surface area contributed by atoms with E-state index in [0.717, 1.165) is 10.8 Å². The maximum Gasteiger partial charge on any atom is 0.251 e. The van der Waals surface area contributed by atoms with Crippen LogP contribution < -0.4 is 5.32 Å². The summed E-state index contributed by atoms with van der Waals surface area (Å²) in [5.74, 6) is -0.237. The fourth-order valence-electron chi connectivity index (χ4n) is 2.21. The van der Waals surface area contributed by atoms with Crippen molar-refractivity contribution in [2.45, 2.75) is 0 Å². The number of hydrogen-bond donors (Lipinski definition) is 2. The van der Waals surface area contributed by atoms with Gasteiger partial charge in [0.2, 0.25) is 5.78 Å². The van der Waals surface area contributed by atoms with Crippen LogP contribution in [-0.4, -0.2) is 28.7 Å². The third-order valence-electron chi connectivity index (χ3n) is 3.33. The van der Waals surface area contributed by atoms with E-state index in [1.165, 1.54) is 12.5 Å². The highest BCUT2D eigenvalue weighted by Gasteiger charge is 2.11. The molecule has 0 bridgehead atoms. The van der Waals surface area contributed by atoms with E-state index in [1.807, 2.05) is 18.2 Å². The average molecular weight is 279 g/mol. The van der Waals surface area contributed by atoms with Gasteiger partial charge in [0.05, 0.1) is 12.5 Å². The number of aromatic amines is 1. The Bertz CT molecular complexity index is 823. The van der Waals surface area contributed by atoms with Crippen molar-refractivity contribution in [1.29, 1.82) is 0 Å². The second-order valence-corrected chi connectivity index (χ2v) is 4.65. The zero-order valence-electron chi connectivity index (χ0n) is 11.4. The summed E-state index contributed by atoms with van der Waals surface area (Å²) in [6.07, 6.45) is 2.98. The molecule has 0 fully saturated rings. The van der Waals surface area contributed by atoms with Crippen molar-refractivity contribution in [3.8, 4) is 0 Å². The number of nitrogens with zero attached hydrogens (tertiary/aromatic N) is 1. The van der Waals surface area contributed by atoms with E-state index in [9.17, 15) is 9.59 Å². The molecule has 0 saturated heterocycles. The molecule has 0 unspecified atom stereocenters. The number of carbonyl (C=O) groups is 2. The van der Waals surface area contributed by atoms with Crippen LogP contribution in [0.15, 0.2) is 48.9 Å². The predicted octanol–water partition coefficient (Wildman–Crippen LogP) is 2.15. The van der Waals surface area contributed by atoms with Gasteiger partial charge in [-0.05, 0) is 29.0 Å². The first-order valence-electron chi connectivity index (χ1n) is 6.48. The van der Waals surface area contributed by atoms with E-state index in [2.05, 4.69) is 15.3 Å². The van der Waals surface area contributed by atoms with Gasteiger partial charge in [0.15, 0.2) is 0 Å². The molecule has 5 heteroatoms. The Balaban J connectivity index is 2.01. The molecule has 1 amide bonds. The fourth-order valence-corrected chi connectivity index (χ4v) is 2.21. The Hall–Kier alpha value is -2.95. The van der Waals surface area contributed by atoms with Crippen LogP contribution in [0.4, 0.5) is 0 Å². The number of ketones is 1. The molecule has 1 aromatic heterocycles. The summed E-state index contributed by atoms with van der Waals surface area (Å²) in [5.41, 5.74) is 1.63. The van der Waals surface area contributed by atoms with Crippen LogP contribution in [0.1, 0.15) is 26.4 Å². The van der Waals surface area contributed by atoms with E-state index in [4.69, 9.17) is 0 Å². The van der Waals surface area contributed by atoms with Gasteiger partial charge in [-0.2, -0.15) is 0 Å². The molecule has 21 heavy (non-hydrogen) atoms. The second kappa shape index (κ2) is 5.20. The maximum absolute atomic E-state index is 12.2. The van der Waals surface area contributed by atoms with E-state index in [1.54, 1.807) is 25.2 Å². The summed E-state index contributed by atoms with van der Waals surface area (Å²) in [4.78, 5) is 30.5. The van der Waals surface area contributed by atoms with Crippen LogP contribution in [0.5, 0.6) is 0 Å². The molecule has 1 heterocycles. The summed E-state index contributed by atoms with van der Waals surface area (Å²) >= 11 is 0. The zero-order chi connectivity index (χ0) is 14.8. The molecular formula is C16H13N3O2. The number of carbonyl (C=O) groups excluding carboxylic acids is 2. The zero-order valence-corrected chi connectivity index (χ0v) is 11.4. The van der Waals surface area contributed by atoms with Crippen molar-refractivity contribution in [3.05, 3.63) is 65.7 Å². The molecule has 3 rings (SSSR count). The summed E-state index contributed by atoms with van der Waals surface area (Å²) in [6, 6.07) is 10.8. The number of rotatable bonds is 3. The normalized spacial score (nSPS) is 10.5. The minimum atomic E-state index is -0.130. The van der Waals surface area contributed by atoms with Gasteiger partial charge in [-0.1, -0.05) is 18.2 Å². The van der Waals surface area contributed by atoms with E-state index in [-0.39, 0.29) is 11.7 Å². The summed E-state index contributed by atoms with van der Waals surface area (Å²) < 4.78 is 0. The van der Waals surface area contributed by atoms with Gasteiger partial charge in [-0.25, -0.2) is 4.98 Å². The largest absolute Gasteiger partial charge is 0.355 e. The molecular weight excluding hydrogens is 266 g/mol. The van der Waals surface area contributed by atoms with Crippen molar-refractivity contribution in [2.75, 3.05) is 7.05 Å². The molecule has 0 radical (unpaired) electrons. The number of benzene rings is 2. The highest BCUT2D eigenvalue weighted by atomic mass is 16.1. The number of imidazole rings is 1. The van der Waals surface area contributed by atoms with Crippen molar-refractivity contribution < 1.29 is 9.59 Å². The number of aromatic nitrogens is 2.